The van der Waals surface area contributed by atoms with Crippen molar-refractivity contribution in [2.45, 2.75) is 0 Å². The number of methoxy groups -OCH3 is 1. The van der Waals surface area contributed by atoms with Crippen LogP contribution < -0.4 is 4.74 Å². The molecule has 0 fully saturated rings. The summed E-state index contributed by atoms with van der Waals surface area (Å²) in [6.07, 6.45) is 1.93. The fourth-order valence-electron chi connectivity index (χ4n) is 2.95. The predicted octanol–water partition coefficient (Wildman–Crippen LogP) is 5.21. The summed E-state index contributed by atoms with van der Waals surface area (Å²) in [5.41, 5.74) is 4.33. The first-order valence-electron chi connectivity index (χ1n) is 8.20. The molecule has 0 radical (unpaired) electrons. The first-order valence-corrected chi connectivity index (χ1v) is 8.20. The zero-order valence-corrected chi connectivity index (χ0v) is 14.0. The highest BCUT2D eigenvalue weighted by Crippen LogP contribution is 2.30. The summed E-state index contributed by atoms with van der Waals surface area (Å²) in [6, 6.07) is 28.6. The summed E-state index contributed by atoms with van der Waals surface area (Å²) < 4.78 is 7.48. The fraction of sp³-hybridized carbons (Fsp3) is 0.0455. The molecule has 122 valence electrons. The highest BCUT2D eigenvalue weighted by atomic mass is 16.5. The third-order valence-electron chi connectivity index (χ3n) is 4.19. The van der Waals surface area contributed by atoms with Crippen molar-refractivity contribution in [3.63, 3.8) is 0 Å². The number of nitrogens with zero attached hydrogens (tertiary/aromatic N) is 2. The van der Waals surface area contributed by atoms with Gasteiger partial charge in [0.2, 0.25) is 0 Å². The van der Waals surface area contributed by atoms with E-state index >= 15 is 0 Å². The van der Waals surface area contributed by atoms with Crippen LogP contribution in [0.1, 0.15) is 0 Å². The van der Waals surface area contributed by atoms with Crippen molar-refractivity contribution < 1.29 is 4.74 Å². The van der Waals surface area contributed by atoms with Crippen molar-refractivity contribution in [3.05, 3.63) is 91.1 Å². The van der Waals surface area contributed by atoms with Gasteiger partial charge in [-0.3, -0.25) is 4.57 Å². The first-order chi connectivity index (χ1) is 12.4. The van der Waals surface area contributed by atoms with Crippen LogP contribution in [0.15, 0.2) is 91.1 Å². The van der Waals surface area contributed by atoms with Crippen LogP contribution in [0.2, 0.25) is 0 Å². The van der Waals surface area contributed by atoms with Crippen molar-refractivity contribution in [1.82, 2.24) is 9.55 Å². The Hall–Kier alpha value is -3.33. The standard InChI is InChI=1S/C22H18N2O/c1-25-20-14-12-19(13-15-20)24-21(17-8-4-2-5-9-17)16-23-22(24)18-10-6-3-7-11-18/h2-16H,1H3. The molecule has 3 nitrogen and oxygen atoms in total. The van der Waals surface area contributed by atoms with E-state index in [1.165, 1.54) is 0 Å². The maximum Gasteiger partial charge on any atom is 0.144 e. The maximum atomic E-state index is 5.29. The molecule has 0 atom stereocenters. The SMILES string of the molecule is COc1ccc(-n2c(-c3ccccc3)cnc2-c2ccccc2)cc1. The zero-order chi connectivity index (χ0) is 17.1. The van der Waals surface area contributed by atoms with Gasteiger partial charge in [-0.2, -0.15) is 0 Å². The van der Waals surface area contributed by atoms with Gasteiger partial charge in [0.25, 0.3) is 0 Å². The average molecular weight is 326 g/mol. The molecule has 0 N–H and O–H groups in total. The Morgan fingerprint density at radius 3 is 1.92 bits per heavy atom. The lowest BCUT2D eigenvalue weighted by atomic mass is 10.1. The predicted molar refractivity (Wildman–Crippen MR) is 101 cm³/mol. The van der Waals surface area contributed by atoms with Crippen molar-refractivity contribution in [2.75, 3.05) is 7.11 Å². The van der Waals surface area contributed by atoms with Gasteiger partial charge in [-0.1, -0.05) is 60.7 Å². The van der Waals surface area contributed by atoms with Crippen LogP contribution in [0.25, 0.3) is 28.3 Å². The lowest BCUT2D eigenvalue weighted by molar-refractivity contribution is 0.415. The Balaban J connectivity index is 1.93. The molecule has 0 unspecified atom stereocenters. The number of ether oxygens (including phenoxy) is 1. The molecule has 4 aromatic rings. The summed E-state index contributed by atoms with van der Waals surface area (Å²) in [7, 11) is 1.68. The summed E-state index contributed by atoms with van der Waals surface area (Å²) in [4.78, 5) is 4.71. The monoisotopic (exact) mass is 326 g/mol. The number of rotatable bonds is 4. The molecule has 0 saturated heterocycles. The lowest BCUT2D eigenvalue weighted by Crippen LogP contribution is -2.00. The Labute approximate surface area is 147 Å². The van der Waals surface area contributed by atoms with Crippen LogP contribution in [0, 0.1) is 0 Å². The van der Waals surface area contributed by atoms with Crippen LogP contribution >= 0.6 is 0 Å². The van der Waals surface area contributed by atoms with E-state index in [1.807, 2.05) is 54.7 Å². The van der Waals surface area contributed by atoms with Crippen molar-refractivity contribution in [3.8, 4) is 34.1 Å². The van der Waals surface area contributed by atoms with E-state index in [9.17, 15) is 0 Å². The molecule has 0 aliphatic carbocycles. The molecule has 25 heavy (non-hydrogen) atoms. The van der Waals surface area contributed by atoms with Crippen molar-refractivity contribution >= 4 is 0 Å². The second kappa shape index (κ2) is 6.65. The molecule has 0 aliphatic rings. The lowest BCUT2D eigenvalue weighted by Gasteiger charge is -2.13. The second-order valence-corrected chi connectivity index (χ2v) is 5.73. The Bertz CT molecular complexity index is 901. The number of benzene rings is 3. The minimum atomic E-state index is 0.839. The van der Waals surface area contributed by atoms with E-state index < -0.39 is 0 Å². The van der Waals surface area contributed by atoms with Gasteiger partial charge in [-0.25, -0.2) is 4.98 Å². The van der Waals surface area contributed by atoms with Gasteiger partial charge in [0.15, 0.2) is 0 Å². The molecule has 0 bridgehead atoms. The summed E-state index contributed by atoms with van der Waals surface area (Å²) in [6.45, 7) is 0. The van der Waals surface area contributed by atoms with Gasteiger partial charge >= 0.3 is 0 Å². The van der Waals surface area contributed by atoms with Crippen LogP contribution in [0.4, 0.5) is 0 Å². The van der Waals surface area contributed by atoms with Crippen molar-refractivity contribution in [1.29, 1.82) is 0 Å². The van der Waals surface area contributed by atoms with E-state index in [2.05, 4.69) is 41.0 Å². The summed E-state index contributed by atoms with van der Waals surface area (Å²) >= 11 is 0. The highest BCUT2D eigenvalue weighted by Gasteiger charge is 2.14. The van der Waals surface area contributed by atoms with Gasteiger partial charge in [-0.05, 0) is 24.3 Å². The molecule has 1 heterocycles. The molecule has 0 aliphatic heterocycles. The second-order valence-electron chi connectivity index (χ2n) is 5.73. The smallest absolute Gasteiger partial charge is 0.144 e. The quantitative estimate of drug-likeness (QED) is 0.514. The summed E-state index contributed by atoms with van der Waals surface area (Å²) in [5.74, 6) is 1.76. The molecule has 0 amide bonds. The van der Waals surface area contributed by atoms with E-state index in [0.29, 0.717) is 0 Å². The van der Waals surface area contributed by atoms with E-state index in [0.717, 1.165) is 34.1 Å². The Kier molecular flexibility index (Phi) is 4.05. The van der Waals surface area contributed by atoms with Gasteiger partial charge in [0.05, 0.1) is 19.0 Å². The molecule has 0 spiro atoms. The fourth-order valence-corrected chi connectivity index (χ4v) is 2.95. The largest absolute Gasteiger partial charge is 0.497 e. The third-order valence-corrected chi connectivity index (χ3v) is 4.19. The minimum Gasteiger partial charge on any atom is -0.497 e. The topological polar surface area (TPSA) is 27.1 Å². The van der Waals surface area contributed by atoms with E-state index in [4.69, 9.17) is 9.72 Å². The van der Waals surface area contributed by atoms with Gasteiger partial charge < -0.3 is 4.74 Å². The normalized spacial score (nSPS) is 10.6. The van der Waals surface area contributed by atoms with Crippen LogP contribution in [0.5, 0.6) is 5.75 Å². The molecule has 0 saturated carbocycles. The highest BCUT2D eigenvalue weighted by molar-refractivity contribution is 5.69. The molecular weight excluding hydrogens is 308 g/mol. The number of hydrogen-bond donors (Lipinski definition) is 0. The number of imidazole rings is 1. The first kappa shape index (κ1) is 15.2. The van der Waals surface area contributed by atoms with Crippen LogP contribution in [-0.4, -0.2) is 16.7 Å². The maximum absolute atomic E-state index is 5.29. The van der Waals surface area contributed by atoms with E-state index in [-0.39, 0.29) is 0 Å². The van der Waals surface area contributed by atoms with Gasteiger partial charge in [0, 0.05) is 16.8 Å². The average Bonchev–Trinajstić information content (AvgIpc) is 3.14. The Morgan fingerprint density at radius 2 is 1.32 bits per heavy atom. The Morgan fingerprint density at radius 1 is 0.720 bits per heavy atom. The number of hydrogen-bond acceptors (Lipinski definition) is 2. The molecular formula is C22H18N2O. The van der Waals surface area contributed by atoms with Gasteiger partial charge in [0.1, 0.15) is 11.6 Å². The van der Waals surface area contributed by atoms with Crippen molar-refractivity contribution in [2.24, 2.45) is 0 Å². The molecule has 3 heteroatoms. The summed E-state index contributed by atoms with van der Waals surface area (Å²) in [5, 5.41) is 0. The minimum absolute atomic E-state index is 0.839. The van der Waals surface area contributed by atoms with Gasteiger partial charge in [-0.15, -0.1) is 0 Å². The molecule has 4 rings (SSSR count). The molecule has 1 aromatic heterocycles. The van der Waals surface area contributed by atoms with E-state index in [1.54, 1.807) is 7.11 Å². The molecule has 3 aromatic carbocycles. The number of aromatic nitrogens is 2. The third kappa shape index (κ3) is 2.92. The van der Waals surface area contributed by atoms with Crippen LogP contribution in [-0.2, 0) is 0 Å². The zero-order valence-electron chi connectivity index (χ0n) is 14.0. The van der Waals surface area contributed by atoms with Crippen LogP contribution in [0.3, 0.4) is 0 Å².